The van der Waals surface area contributed by atoms with Gasteiger partial charge in [0.05, 0.1) is 0 Å². The number of rotatable bonds is 4. The Kier molecular flexibility index (Phi) is 7.69. The Bertz CT molecular complexity index is 2760. The first-order valence-electron chi connectivity index (χ1n) is 17.0. The van der Waals surface area contributed by atoms with E-state index in [1.807, 2.05) is 42.7 Å². The number of hydrogen-bond acceptors (Lipinski definition) is 4. The molecule has 0 N–H and O–H groups in total. The van der Waals surface area contributed by atoms with Crippen molar-refractivity contribution in [1.29, 1.82) is 0 Å². The summed E-state index contributed by atoms with van der Waals surface area (Å²) in [6.45, 7) is 13.2. The predicted octanol–water partition coefficient (Wildman–Crippen LogP) is 10.3. The normalized spacial score (nSPS) is 12.4. The van der Waals surface area contributed by atoms with E-state index in [9.17, 15) is 0 Å². The molecular weight excluding hydrogens is 812 g/mol. The van der Waals surface area contributed by atoms with E-state index >= 15 is 0 Å². The molecule has 5 aromatic heterocycles. The van der Waals surface area contributed by atoms with Crippen LogP contribution in [0.5, 0.6) is 11.5 Å². The van der Waals surface area contributed by atoms with E-state index in [2.05, 4.69) is 134 Å². The van der Waals surface area contributed by atoms with Crippen LogP contribution in [0.25, 0.3) is 61.3 Å². The molecule has 0 aliphatic rings. The molecule has 0 aliphatic carbocycles. The Hall–Kier alpha value is -5.26. The summed E-state index contributed by atoms with van der Waals surface area (Å²) in [4.78, 5) is 14.9. The topological polar surface area (TPSA) is 62.2 Å². The Morgan fingerprint density at radius 3 is 2.10 bits per heavy atom. The van der Waals surface area contributed by atoms with Crippen LogP contribution in [0.15, 0.2) is 109 Å². The van der Waals surface area contributed by atoms with E-state index in [0.717, 1.165) is 66.8 Å². The van der Waals surface area contributed by atoms with Gasteiger partial charge >= 0.3 is 21.1 Å². The SMILES string of the molecule is CC(C)(C)c1ccnc(-n2c3[c-]c(Oc4[c-]c5c(cc4)n(-c4ccccc4)c4nc6cc(C(C)(C)C)cnc6n54)ccc3c3ccccc32)c1.[Pt+2]. The fraction of sp³-hybridized carbons (Fsp3) is 0.186. The van der Waals surface area contributed by atoms with Crippen LogP contribution < -0.4 is 4.74 Å². The average Bonchev–Trinajstić information content (AvgIpc) is 3.74. The Morgan fingerprint density at radius 1 is 0.627 bits per heavy atom. The van der Waals surface area contributed by atoms with E-state index in [1.165, 1.54) is 5.56 Å². The molecule has 254 valence electrons. The zero-order valence-electron chi connectivity index (χ0n) is 29.3. The van der Waals surface area contributed by atoms with Crippen molar-refractivity contribution < 1.29 is 25.8 Å². The maximum Gasteiger partial charge on any atom is 2.00 e. The molecule has 0 unspecified atom stereocenters. The molecular formula is C43H36N6OPt. The summed E-state index contributed by atoms with van der Waals surface area (Å²) in [7, 11) is 0. The van der Waals surface area contributed by atoms with Crippen molar-refractivity contribution in [2.24, 2.45) is 0 Å². The fourth-order valence-corrected chi connectivity index (χ4v) is 6.82. The summed E-state index contributed by atoms with van der Waals surface area (Å²) >= 11 is 0. The van der Waals surface area contributed by atoms with Gasteiger partial charge in [-0.1, -0.05) is 83.5 Å². The van der Waals surface area contributed by atoms with Crippen LogP contribution in [0.1, 0.15) is 52.7 Å². The number of fused-ring (bicyclic) bond motifs is 8. The number of para-hydroxylation sites is 2. The second-order valence-corrected chi connectivity index (χ2v) is 15.0. The molecule has 9 aromatic rings. The van der Waals surface area contributed by atoms with Crippen LogP contribution in [-0.4, -0.2) is 28.5 Å². The van der Waals surface area contributed by atoms with Crippen molar-refractivity contribution in [2.45, 2.75) is 52.4 Å². The van der Waals surface area contributed by atoms with Crippen LogP contribution in [0, 0.1) is 12.1 Å². The summed E-state index contributed by atoms with van der Waals surface area (Å²) in [5.74, 6) is 2.79. The minimum Gasteiger partial charge on any atom is -0.509 e. The van der Waals surface area contributed by atoms with Crippen molar-refractivity contribution in [3.8, 4) is 23.0 Å². The number of hydrogen-bond donors (Lipinski definition) is 0. The zero-order valence-corrected chi connectivity index (χ0v) is 31.6. The molecule has 0 spiro atoms. The summed E-state index contributed by atoms with van der Waals surface area (Å²) in [5.41, 5.74) is 8.69. The van der Waals surface area contributed by atoms with Crippen LogP contribution in [0.2, 0.25) is 0 Å². The van der Waals surface area contributed by atoms with Gasteiger partial charge in [-0.15, -0.1) is 35.7 Å². The molecule has 0 bridgehead atoms. The molecule has 0 fully saturated rings. The maximum absolute atomic E-state index is 6.57. The Labute approximate surface area is 310 Å². The summed E-state index contributed by atoms with van der Waals surface area (Å²) < 4.78 is 13.0. The van der Waals surface area contributed by atoms with E-state index in [-0.39, 0.29) is 31.9 Å². The molecule has 9 rings (SSSR count). The number of benzene rings is 4. The van der Waals surface area contributed by atoms with Crippen molar-refractivity contribution in [1.82, 2.24) is 28.5 Å². The fourth-order valence-electron chi connectivity index (χ4n) is 6.82. The van der Waals surface area contributed by atoms with Gasteiger partial charge in [-0.2, -0.15) is 6.07 Å². The molecule has 0 saturated heterocycles. The maximum atomic E-state index is 6.57. The summed E-state index contributed by atoms with van der Waals surface area (Å²) in [6.07, 6.45) is 3.85. The smallest absolute Gasteiger partial charge is 0.509 e. The monoisotopic (exact) mass is 847 g/mol. The van der Waals surface area contributed by atoms with Crippen LogP contribution in [0.4, 0.5) is 0 Å². The van der Waals surface area contributed by atoms with Crippen LogP contribution >= 0.6 is 0 Å². The largest absolute Gasteiger partial charge is 2.00 e. The second-order valence-electron chi connectivity index (χ2n) is 15.0. The van der Waals surface area contributed by atoms with Gasteiger partial charge in [0, 0.05) is 35.1 Å². The summed E-state index contributed by atoms with van der Waals surface area (Å²) in [5, 5.41) is 2.22. The minimum atomic E-state index is -0.0474. The van der Waals surface area contributed by atoms with Gasteiger partial charge in [0.15, 0.2) is 5.65 Å². The third-order valence-electron chi connectivity index (χ3n) is 9.52. The third-order valence-corrected chi connectivity index (χ3v) is 9.52. The first kappa shape index (κ1) is 32.9. The molecule has 0 radical (unpaired) electrons. The van der Waals surface area contributed by atoms with E-state index in [0.29, 0.717) is 11.5 Å². The quantitative estimate of drug-likeness (QED) is 0.166. The van der Waals surface area contributed by atoms with Crippen LogP contribution in [-0.2, 0) is 31.9 Å². The number of aromatic nitrogens is 6. The van der Waals surface area contributed by atoms with Crippen LogP contribution in [0.3, 0.4) is 0 Å². The van der Waals surface area contributed by atoms with Crippen molar-refractivity contribution >= 4 is 49.8 Å². The van der Waals surface area contributed by atoms with E-state index in [1.54, 1.807) is 0 Å². The third kappa shape index (κ3) is 5.42. The molecule has 0 aliphatic heterocycles. The first-order valence-corrected chi connectivity index (χ1v) is 17.0. The minimum absolute atomic E-state index is 0. The summed E-state index contributed by atoms with van der Waals surface area (Å²) in [6, 6.07) is 40.4. The van der Waals surface area contributed by atoms with Gasteiger partial charge in [-0.25, -0.2) is 15.0 Å². The molecule has 5 heterocycles. The molecule has 4 aromatic carbocycles. The van der Waals surface area contributed by atoms with E-state index in [4.69, 9.17) is 19.7 Å². The number of nitrogens with zero attached hydrogens (tertiary/aromatic N) is 6. The molecule has 8 heteroatoms. The molecule has 0 saturated carbocycles. The van der Waals surface area contributed by atoms with Gasteiger partial charge in [0.1, 0.15) is 11.3 Å². The van der Waals surface area contributed by atoms with Gasteiger partial charge in [0.2, 0.25) is 5.78 Å². The Balaban J connectivity index is 0.00000374. The predicted molar refractivity (Wildman–Crippen MR) is 201 cm³/mol. The van der Waals surface area contributed by atoms with E-state index < -0.39 is 0 Å². The van der Waals surface area contributed by atoms with Gasteiger partial charge in [0.25, 0.3) is 0 Å². The van der Waals surface area contributed by atoms with Crippen molar-refractivity contribution in [3.05, 3.63) is 133 Å². The average molecular weight is 848 g/mol. The Morgan fingerprint density at radius 2 is 1.33 bits per heavy atom. The second kappa shape index (κ2) is 11.9. The van der Waals surface area contributed by atoms with Gasteiger partial charge in [-0.3, -0.25) is 4.40 Å². The van der Waals surface area contributed by atoms with Crippen molar-refractivity contribution in [3.63, 3.8) is 0 Å². The molecule has 51 heavy (non-hydrogen) atoms. The first-order chi connectivity index (χ1) is 24.0. The number of pyridine rings is 2. The zero-order chi connectivity index (χ0) is 34.4. The molecule has 0 atom stereocenters. The standard InChI is InChI=1S/C43H36N6O.Pt/c1-42(2,3)27-20-21-44-39(23-27)48-35-15-11-10-14-32(35)33-18-16-30(24-37(33)48)50-31-17-19-36-38(25-31)49-40-34(22-28(26-45-40)43(4,5)6)46-41(49)47(36)29-12-8-7-9-13-29;/h7-23,26H,1-6H3;/q-2;+2. The number of imidazole rings is 2. The number of ether oxygens (including phenoxy) is 1. The van der Waals surface area contributed by atoms with Gasteiger partial charge in [-0.05, 0) is 74.8 Å². The van der Waals surface area contributed by atoms with Gasteiger partial charge < -0.3 is 13.9 Å². The molecule has 7 nitrogen and oxygen atoms in total. The van der Waals surface area contributed by atoms with Crippen molar-refractivity contribution in [2.75, 3.05) is 0 Å². The molecule has 0 amide bonds.